The lowest BCUT2D eigenvalue weighted by Gasteiger charge is -2.11. The fourth-order valence-corrected chi connectivity index (χ4v) is 3.08. The quantitative estimate of drug-likeness (QED) is 0.338. The summed E-state index contributed by atoms with van der Waals surface area (Å²) >= 11 is 4.90. The molecule has 0 radical (unpaired) electrons. The summed E-state index contributed by atoms with van der Waals surface area (Å²) in [5, 5.41) is 7.54. The van der Waals surface area contributed by atoms with Crippen LogP contribution >= 0.6 is 51.2 Å². The Labute approximate surface area is 171 Å². The van der Waals surface area contributed by atoms with Gasteiger partial charge in [0.15, 0.2) is 5.96 Å². The average molecular weight is 527 g/mol. The molecule has 0 atom stereocenters. The summed E-state index contributed by atoms with van der Waals surface area (Å²) in [6.07, 6.45) is 3.82. The predicted octanol–water partition coefficient (Wildman–Crippen LogP) is 4.13. The van der Waals surface area contributed by atoms with E-state index in [1.54, 1.807) is 24.5 Å². The lowest BCUT2D eigenvalue weighted by molar-refractivity contribution is 0.617. The highest BCUT2D eigenvalue weighted by atomic mass is 127. The fraction of sp³-hybridized carbons (Fsp3) is 0.375. The Kier molecular flexibility index (Phi) is 9.75. The summed E-state index contributed by atoms with van der Waals surface area (Å²) in [4.78, 5) is 9.87. The van der Waals surface area contributed by atoms with Crippen LogP contribution in [-0.2, 0) is 19.4 Å². The molecule has 132 valence electrons. The zero-order chi connectivity index (χ0) is 16.7. The van der Waals surface area contributed by atoms with Crippen molar-refractivity contribution < 1.29 is 4.39 Å². The summed E-state index contributed by atoms with van der Waals surface area (Å²) in [6, 6.07) is 5.08. The molecule has 0 aliphatic rings. The summed E-state index contributed by atoms with van der Waals surface area (Å²) in [5.74, 6) is 0.434. The molecule has 0 bridgehead atoms. The number of nitrogens with zero attached hydrogens (tertiary/aromatic N) is 2. The first-order chi connectivity index (χ1) is 11.1. The molecule has 0 saturated carbocycles. The number of rotatable bonds is 6. The molecular formula is C16H21BrFIN4S. The second kappa shape index (κ2) is 11.0. The van der Waals surface area contributed by atoms with Crippen LogP contribution in [0.15, 0.2) is 33.9 Å². The first-order valence-corrected chi connectivity index (χ1v) is 9.05. The first-order valence-electron chi connectivity index (χ1n) is 7.44. The van der Waals surface area contributed by atoms with E-state index in [0.29, 0.717) is 17.0 Å². The maximum atomic E-state index is 13.5. The maximum absolute atomic E-state index is 13.5. The molecule has 2 aromatic rings. The zero-order valence-corrected chi connectivity index (χ0v) is 18.3. The van der Waals surface area contributed by atoms with E-state index in [1.807, 2.05) is 12.3 Å². The van der Waals surface area contributed by atoms with Gasteiger partial charge >= 0.3 is 0 Å². The SMILES string of the molecule is CCc1cnc(CCNC(=NC)NCc2ccc(Br)c(F)c2)s1.I. The number of aliphatic imine (C=N–C) groups is 1. The number of nitrogens with one attached hydrogen (secondary N) is 2. The van der Waals surface area contributed by atoms with E-state index < -0.39 is 0 Å². The third kappa shape index (κ3) is 6.64. The maximum Gasteiger partial charge on any atom is 0.191 e. The number of hydrogen-bond donors (Lipinski definition) is 2. The van der Waals surface area contributed by atoms with E-state index in [-0.39, 0.29) is 29.8 Å². The van der Waals surface area contributed by atoms with Crippen LogP contribution in [0.25, 0.3) is 0 Å². The van der Waals surface area contributed by atoms with E-state index in [9.17, 15) is 4.39 Å². The Morgan fingerprint density at radius 3 is 2.79 bits per heavy atom. The molecule has 2 rings (SSSR count). The van der Waals surface area contributed by atoms with Crippen molar-refractivity contribution in [1.82, 2.24) is 15.6 Å². The van der Waals surface area contributed by atoms with E-state index in [2.05, 4.69) is 43.5 Å². The highest BCUT2D eigenvalue weighted by Crippen LogP contribution is 2.16. The van der Waals surface area contributed by atoms with Gasteiger partial charge < -0.3 is 10.6 Å². The Bertz CT molecular complexity index is 678. The van der Waals surface area contributed by atoms with Gasteiger partial charge in [-0.15, -0.1) is 35.3 Å². The Hall–Kier alpha value is -0.740. The van der Waals surface area contributed by atoms with Gasteiger partial charge in [0, 0.05) is 37.6 Å². The average Bonchev–Trinajstić information content (AvgIpc) is 3.02. The van der Waals surface area contributed by atoms with Crippen LogP contribution in [0, 0.1) is 5.82 Å². The van der Waals surface area contributed by atoms with Crippen molar-refractivity contribution in [3.05, 3.63) is 50.1 Å². The number of aromatic nitrogens is 1. The molecule has 0 aliphatic heterocycles. The predicted molar refractivity (Wildman–Crippen MR) is 113 cm³/mol. The largest absolute Gasteiger partial charge is 0.356 e. The van der Waals surface area contributed by atoms with Crippen LogP contribution < -0.4 is 10.6 Å². The van der Waals surface area contributed by atoms with Crippen LogP contribution in [-0.4, -0.2) is 24.5 Å². The van der Waals surface area contributed by atoms with Crippen LogP contribution in [0.3, 0.4) is 0 Å². The molecule has 0 fully saturated rings. The van der Waals surface area contributed by atoms with Crippen LogP contribution in [0.5, 0.6) is 0 Å². The Morgan fingerprint density at radius 1 is 1.38 bits per heavy atom. The lowest BCUT2D eigenvalue weighted by Crippen LogP contribution is -2.37. The molecule has 0 saturated heterocycles. The van der Waals surface area contributed by atoms with Crippen molar-refractivity contribution >= 4 is 57.2 Å². The number of hydrogen-bond acceptors (Lipinski definition) is 3. The standard InChI is InChI=1S/C16H20BrFN4S.HI/c1-3-12-10-21-15(23-12)6-7-20-16(19-2)22-9-11-4-5-13(17)14(18)8-11;/h4-5,8,10H,3,6-7,9H2,1-2H3,(H2,19,20,22);1H. The van der Waals surface area contributed by atoms with Crippen LogP contribution in [0.1, 0.15) is 22.4 Å². The van der Waals surface area contributed by atoms with Gasteiger partial charge in [0.25, 0.3) is 0 Å². The van der Waals surface area contributed by atoms with Gasteiger partial charge in [-0.05, 0) is 40.0 Å². The molecule has 0 unspecified atom stereocenters. The van der Waals surface area contributed by atoms with Crippen molar-refractivity contribution in [3.8, 4) is 0 Å². The normalized spacial score (nSPS) is 11.1. The molecule has 0 aliphatic carbocycles. The number of thiazole rings is 1. The van der Waals surface area contributed by atoms with Gasteiger partial charge in [-0.25, -0.2) is 9.37 Å². The minimum atomic E-state index is -0.261. The number of aryl methyl sites for hydroxylation is 1. The smallest absolute Gasteiger partial charge is 0.191 e. The van der Waals surface area contributed by atoms with Crippen molar-refractivity contribution in [2.75, 3.05) is 13.6 Å². The topological polar surface area (TPSA) is 49.3 Å². The monoisotopic (exact) mass is 526 g/mol. The van der Waals surface area contributed by atoms with Crippen molar-refractivity contribution in [1.29, 1.82) is 0 Å². The minimum absolute atomic E-state index is 0. The second-order valence-electron chi connectivity index (χ2n) is 4.92. The van der Waals surface area contributed by atoms with E-state index in [1.165, 1.54) is 10.9 Å². The summed E-state index contributed by atoms with van der Waals surface area (Å²) in [7, 11) is 1.72. The van der Waals surface area contributed by atoms with E-state index in [4.69, 9.17) is 0 Å². The van der Waals surface area contributed by atoms with Gasteiger partial charge in [-0.3, -0.25) is 4.99 Å². The van der Waals surface area contributed by atoms with Gasteiger partial charge in [0.2, 0.25) is 0 Å². The van der Waals surface area contributed by atoms with Gasteiger partial charge in [-0.2, -0.15) is 0 Å². The Balaban J connectivity index is 0.00000288. The molecule has 4 nitrogen and oxygen atoms in total. The molecule has 1 aromatic carbocycles. The third-order valence-electron chi connectivity index (χ3n) is 3.25. The molecule has 0 amide bonds. The summed E-state index contributed by atoms with van der Waals surface area (Å²) in [6.45, 7) is 3.40. The number of benzene rings is 1. The molecular weight excluding hydrogens is 506 g/mol. The lowest BCUT2D eigenvalue weighted by atomic mass is 10.2. The molecule has 8 heteroatoms. The molecule has 1 heterocycles. The third-order valence-corrected chi connectivity index (χ3v) is 5.09. The van der Waals surface area contributed by atoms with Crippen molar-refractivity contribution in [2.45, 2.75) is 26.3 Å². The van der Waals surface area contributed by atoms with E-state index >= 15 is 0 Å². The highest BCUT2D eigenvalue weighted by Gasteiger charge is 2.04. The summed E-state index contributed by atoms with van der Waals surface area (Å²) in [5.41, 5.74) is 0.862. The van der Waals surface area contributed by atoms with Crippen LogP contribution in [0.4, 0.5) is 4.39 Å². The molecule has 2 N–H and O–H groups in total. The van der Waals surface area contributed by atoms with Crippen molar-refractivity contribution in [2.24, 2.45) is 4.99 Å². The molecule has 24 heavy (non-hydrogen) atoms. The number of guanidine groups is 1. The summed E-state index contributed by atoms with van der Waals surface area (Å²) < 4.78 is 14.0. The molecule has 1 aromatic heterocycles. The van der Waals surface area contributed by atoms with Gasteiger partial charge in [-0.1, -0.05) is 13.0 Å². The van der Waals surface area contributed by atoms with E-state index in [0.717, 1.165) is 30.0 Å². The Morgan fingerprint density at radius 2 is 2.17 bits per heavy atom. The van der Waals surface area contributed by atoms with Gasteiger partial charge in [0.05, 0.1) is 9.48 Å². The van der Waals surface area contributed by atoms with Gasteiger partial charge in [0.1, 0.15) is 5.82 Å². The first kappa shape index (κ1) is 21.3. The van der Waals surface area contributed by atoms with Crippen molar-refractivity contribution in [3.63, 3.8) is 0 Å². The molecule has 0 spiro atoms. The zero-order valence-electron chi connectivity index (χ0n) is 13.6. The fourth-order valence-electron chi connectivity index (χ4n) is 1.97. The minimum Gasteiger partial charge on any atom is -0.356 e. The van der Waals surface area contributed by atoms with Crippen LogP contribution in [0.2, 0.25) is 0 Å². The highest BCUT2D eigenvalue weighted by molar-refractivity contribution is 14.0. The second-order valence-corrected chi connectivity index (χ2v) is 6.98. The number of halogens is 3.